The minimum atomic E-state index is -4.50. The highest BCUT2D eigenvalue weighted by Crippen LogP contribution is 2.34. The molecule has 3 aromatic heterocycles. The van der Waals surface area contributed by atoms with Crippen LogP contribution in [0.1, 0.15) is 26.6 Å². The minimum Gasteiger partial charge on any atom is -0.335 e. The van der Waals surface area contributed by atoms with Crippen molar-refractivity contribution in [2.45, 2.75) is 23.6 Å². The van der Waals surface area contributed by atoms with Gasteiger partial charge in [0.25, 0.3) is 5.91 Å². The fourth-order valence-electron chi connectivity index (χ4n) is 4.81. The van der Waals surface area contributed by atoms with Crippen molar-refractivity contribution >= 4 is 29.0 Å². The molecule has 0 unspecified atom stereocenters. The zero-order valence-corrected chi connectivity index (χ0v) is 24.4. The zero-order valence-electron chi connectivity index (χ0n) is 22.8. The largest absolute Gasteiger partial charge is 0.416 e. The second-order valence-corrected chi connectivity index (χ2v) is 11.8. The van der Waals surface area contributed by atoms with E-state index in [1.807, 2.05) is 23.1 Å². The van der Waals surface area contributed by atoms with Crippen LogP contribution >= 0.6 is 23.1 Å². The number of halogens is 3. The van der Waals surface area contributed by atoms with Crippen molar-refractivity contribution < 1.29 is 18.0 Å². The van der Waals surface area contributed by atoms with E-state index in [-0.39, 0.29) is 11.6 Å². The van der Waals surface area contributed by atoms with Gasteiger partial charge in [-0.1, -0.05) is 48.2 Å². The first-order chi connectivity index (χ1) is 20.8. The maximum atomic E-state index is 13.5. The number of carbonyl (C=O) groups is 1. The predicted octanol–water partition coefficient (Wildman–Crippen LogP) is 6.05. The Morgan fingerprint density at radius 2 is 1.77 bits per heavy atom. The van der Waals surface area contributed by atoms with E-state index in [0.29, 0.717) is 46.1 Å². The van der Waals surface area contributed by atoms with E-state index >= 15 is 0 Å². The molecule has 0 aliphatic carbocycles. The number of alkyl halides is 3. The fraction of sp³-hybridized carbons (Fsp3) is 0.233. The highest BCUT2D eigenvalue weighted by atomic mass is 32.2. The normalized spacial score (nSPS) is 14.3. The average molecular weight is 622 g/mol. The lowest BCUT2D eigenvalue weighted by Gasteiger charge is -2.34. The summed E-state index contributed by atoms with van der Waals surface area (Å²) >= 11 is 2.66. The Balaban J connectivity index is 1.15. The van der Waals surface area contributed by atoms with Crippen molar-refractivity contribution in [1.29, 1.82) is 0 Å². The second-order valence-electron chi connectivity index (χ2n) is 9.90. The minimum absolute atomic E-state index is 0.0992. The first-order valence-corrected chi connectivity index (χ1v) is 15.4. The standard InChI is InChI=1S/C30H26F3N7OS2/c31-30(32,33)23-9-4-10-24(16-23)40-27(22-8-5-11-34-17-22)36-37-29(40)43-20-26-35-25(19-42-26)28(41)39-14-12-38(13-15-39)18-21-6-2-1-3-7-21/h1-11,16-17,19H,12-15,18,20H2. The first-order valence-electron chi connectivity index (χ1n) is 13.5. The molecule has 0 saturated carbocycles. The van der Waals surface area contributed by atoms with Crippen LogP contribution in [0.3, 0.4) is 0 Å². The van der Waals surface area contributed by atoms with Crippen molar-refractivity contribution in [1.82, 2.24) is 34.5 Å². The Morgan fingerprint density at radius 1 is 0.953 bits per heavy atom. The highest BCUT2D eigenvalue weighted by molar-refractivity contribution is 7.98. The number of carbonyl (C=O) groups excluding carboxylic acids is 1. The van der Waals surface area contributed by atoms with Crippen LogP contribution < -0.4 is 0 Å². The summed E-state index contributed by atoms with van der Waals surface area (Å²) in [5.74, 6) is 0.640. The van der Waals surface area contributed by atoms with Crippen LogP contribution in [0.25, 0.3) is 17.1 Å². The number of hydrogen-bond acceptors (Lipinski definition) is 8. The van der Waals surface area contributed by atoms with E-state index < -0.39 is 11.7 Å². The van der Waals surface area contributed by atoms with Gasteiger partial charge in [0.1, 0.15) is 10.7 Å². The molecule has 220 valence electrons. The number of rotatable bonds is 8. The number of thiazole rings is 1. The van der Waals surface area contributed by atoms with Gasteiger partial charge in [-0.15, -0.1) is 21.5 Å². The van der Waals surface area contributed by atoms with Crippen molar-refractivity contribution in [3.05, 3.63) is 106 Å². The Labute approximate surface area is 254 Å². The van der Waals surface area contributed by atoms with Gasteiger partial charge in [-0.2, -0.15) is 13.2 Å². The quantitative estimate of drug-likeness (QED) is 0.195. The summed E-state index contributed by atoms with van der Waals surface area (Å²) in [6.07, 6.45) is -1.30. The molecule has 43 heavy (non-hydrogen) atoms. The molecule has 1 saturated heterocycles. The van der Waals surface area contributed by atoms with Gasteiger partial charge in [0, 0.05) is 56.1 Å². The molecule has 1 fully saturated rings. The number of hydrogen-bond donors (Lipinski definition) is 0. The second kappa shape index (κ2) is 12.7. The topological polar surface area (TPSA) is 80.0 Å². The summed E-state index contributed by atoms with van der Waals surface area (Å²) in [4.78, 5) is 26.1. The molecule has 1 aliphatic rings. The smallest absolute Gasteiger partial charge is 0.335 e. The van der Waals surface area contributed by atoms with Crippen molar-refractivity contribution in [3.63, 3.8) is 0 Å². The summed E-state index contributed by atoms with van der Waals surface area (Å²) in [5.41, 5.74) is 1.77. The number of thioether (sulfide) groups is 1. The van der Waals surface area contributed by atoms with Gasteiger partial charge in [-0.3, -0.25) is 19.2 Å². The van der Waals surface area contributed by atoms with E-state index in [9.17, 15) is 18.0 Å². The van der Waals surface area contributed by atoms with E-state index in [1.54, 1.807) is 40.5 Å². The lowest BCUT2D eigenvalue weighted by Crippen LogP contribution is -2.48. The summed E-state index contributed by atoms with van der Waals surface area (Å²) in [5, 5.41) is 11.4. The van der Waals surface area contributed by atoms with Gasteiger partial charge in [-0.05, 0) is 35.9 Å². The molecule has 0 spiro atoms. The van der Waals surface area contributed by atoms with Gasteiger partial charge in [0.2, 0.25) is 0 Å². The number of benzene rings is 2. The SMILES string of the molecule is O=C(c1csc(CSc2nnc(-c3cccnc3)n2-c2cccc(C(F)(F)F)c2)n1)N1CCN(Cc2ccccc2)CC1. The van der Waals surface area contributed by atoms with Crippen LogP contribution in [0.15, 0.2) is 89.7 Å². The van der Waals surface area contributed by atoms with Gasteiger partial charge in [-0.25, -0.2) is 4.98 Å². The molecule has 13 heteroatoms. The average Bonchev–Trinajstić information content (AvgIpc) is 3.68. The van der Waals surface area contributed by atoms with Gasteiger partial charge in [0.15, 0.2) is 11.0 Å². The molecule has 0 atom stereocenters. The molecule has 4 heterocycles. The lowest BCUT2D eigenvalue weighted by molar-refractivity contribution is -0.137. The molecule has 0 N–H and O–H groups in total. The van der Waals surface area contributed by atoms with Crippen molar-refractivity contribution in [3.8, 4) is 17.1 Å². The first kappa shape index (κ1) is 29.0. The zero-order chi connectivity index (χ0) is 29.8. The number of nitrogens with zero attached hydrogens (tertiary/aromatic N) is 7. The molecule has 1 amide bonds. The van der Waals surface area contributed by atoms with Crippen LogP contribution in [0.2, 0.25) is 0 Å². The molecular weight excluding hydrogens is 596 g/mol. The van der Waals surface area contributed by atoms with E-state index in [2.05, 4.69) is 37.2 Å². The van der Waals surface area contributed by atoms with Crippen molar-refractivity contribution in [2.75, 3.05) is 26.2 Å². The number of pyridine rings is 1. The van der Waals surface area contributed by atoms with Crippen LogP contribution in [0, 0.1) is 0 Å². The van der Waals surface area contributed by atoms with Gasteiger partial charge < -0.3 is 4.90 Å². The Kier molecular flexibility index (Phi) is 8.54. The summed E-state index contributed by atoms with van der Waals surface area (Å²) in [7, 11) is 0. The van der Waals surface area contributed by atoms with Gasteiger partial charge in [0.05, 0.1) is 17.0 Å². The maximum absolute atomic E-state index is 13.5. The lowest BCUT2D eigenvalue weighted by atomic mass is 10.2. The summed E-state index contributed by atoms with van der Waals surface area (Å²) in [6.45, 7) is 3.69. The van der Waals surface area contributed by atoms with Gasteiger partial charge >= 0.3 is 6.18 Å². The molecule has 5 aromatic rings. The monoisotopic (exact) mass is 621 g/mol. The molecular formula is C30H26F3N7OS2. The summed E-state index contributed by atoms with van der Waals surface area (Å²) < 4.78 is 42.1. The maximum Gasteiger partial charge on any atom is 0.416 e. The highest BCUT2D eigenvalue weighted by Gasteiger charge is 2.31. The Morgan fingerprint density at radius 3 is 2.51 bits per heavy atom. The van der Waals surface area contributed by atoms with Crippen LogP contribution in [0.5, 0.6) is 0 Å². The number of aromatic nitrogens is 5. The number of amides is 1. The molecule has 2 aromatic carbocycles. The summed E-state index contributed by atoms with van der Waals surface area (Å²) in [6, 6.07) is 18.8. The van der Waals surface area contributed by atoms with E-state index in [0.717, 1.165) is 31.8 Å². The fourth-order valence-corrected chi connectivity index (χ4v) is 6.55. The molecule has 1 aliphatic heterocycles. The van der Waals surface area contributed by atoms with Crippen LogP contribution in [-0.4, -0.2) is 66.6 Å². The Hall–Kier alpha value is -4.07. The third kappa shape index (κ3) is 6.79. The predicted molar refractivity (Wildman–Crippen MR) is 159 cm³/mol. The molecule has 0 radical (unpaired) electrons. The molecule has 0 bridgehead atoms. The third-order valence-corrected chi connectivity index (χ3v) is 8.96. The van der Waals surface area contributed by atoms with Crippen LogP contribution in [0.4, 0.5) is 13.2 Å². The molecule has 6 rings (SSSR count). The Bertz CT molecular complexity index is 1680. The van der Waals surface area contributed by atoms with Crippen molar-refractivity contribution in [2.24, 2.45) is 0 Å². The number of piperazine rings is 1. The van der Waals surface area contributed by atoms with E-state index in [4.69, 9.17) is 0 Å². The van der Waals surface area contributed by atoms with E-state index in [1.165, 1.54) is 34.7 Å². The molecule has 8 nitrogen and oxygen atoms in total. The third-order valence-electron chi connectivity index (χ3n) is 6.99. The van der Waals surface area contributed by atoms with Crippen LogP contribution in [-0.2, 0) is 18.5 Å².